The van der Waals surface area contributed by atoms with E-state index in [2.05, 4.69) is 26.0 Å². The number of aromatic nitrogens is 3. The normalized spacial score (nSPS) is 13.3. The van der Waals surface area contributed by atoms with Crippen molar-refractivity contribution in [2.75, 3.05) is 13.4 Å². The lowest BCUT2D eigenvalue weighted by Crippen LogP contribution is -2.48. The number of carbonyl (C=O) groups is 2. The smallest absolute Gasteiger partial charge is 0.252 e. The first-order valence-corrected chi connectivity index (χ1v) is 8.52. The molecular formula is C18H17N5O5. The predicted octanol–water partition coefficient (Wildman–Crippen LogP) is 0.0937. The summed E-state index contributed by atoms with van der Waals surface area (Å²) in [6.45, 7) is -0.151. The van der Waals surface area contributed by atoms with Gasteiger partial charge in [0.1, 0.15) is 17.1 Å². The number of aromatic amines is 1. The third-order valence-electron chi connectivity index (χ3n) is 4.29. The van der Waals surface area contributed by atoms with Gasteiger partial charge in [0.15, 0.2) is 11.5 Å². The van der Waals surface area contributed by atoms with Gasteiger partial charge in [0, 0.05) is 12.1 Å². The van der Waals surface area contributed by atoms with Crippen LogP contribution < -0.4 is 20.1 Å². The molecule has 144 valence electrons. The molecule has 0 saturated carbocycles. The lowest BCUT2D eigenvalue weighted by Gasteiger charge is -2.16. The molecule has 0 spiro atoms. The minimum absolute atomic E-state index is 0.171. The number of nitrogens with zero attached hydrogens (tertiary/aromatic N) is 2. The molecule has 2 heterocycles. The van der Waals surface area contributed by atoms with E-state index in [0.29, 0.717) is 28.1 Å². The van der Waals surface area contributed by atoms with E-state index in [9.17, 15) is 14.7 Å². The lowest BCUT2D eigenvalue weighted by molar-refractivity contribution is -0.124. The molecule has 4 N–H and O–H groups in total. The summed E-state index contributed by atoms with van der Waals surface area (Å²) >= 11 is 0. The number of aliphatic hydroxyl groups excluding tert-OH is 1. The molecule has 0 aliphatic carbocycles. The van der Waals surface area contributed by atoms with Crippen molar-refractivity contribution in [2.45, 2.75) is 12.6 Å². The maximum absolute atomic E-state index is 12.4. The number of hydrogen-bond donors (Lipinski definition) is 4. The van der Waals surface area contributed by atoms with Crippen molar-refractivity contribution in [3.63, 3.8) is 0 Å². The van der Waals surface area contributed by atoms with E-state index in [-0.39, 0.29) is 13.3 Å². The van der Waals surface area contributed by atoms with Crippen LogP contribution in [0.1, 0.15) is 15.9 Å². The number of amides is 2. The van der Waals surface area contributed by atoms with Gasteiger partial charge in [0.25, 0.3) is 5.91 Å². The van der Waals surface area contributed by atoms with E-state index >= 15 is 0 Å². The zero-order chi connectivity index (χ0) is 19.5. The Morgan fingerprint density at radius 2 is 1.93 bits per heavy atom. The van der Waals surface area contributed by atoms with Crippen LogP contribution in [-0.4, -0.2) is 51.8 Å². The molecule has 10 nitrogen and oxygen atoms in total. The minimum Gasteiger partial charge on any atom is -0.454 e. The van der Waals surface area contributed by atoms with Crippen molar-refractivity contribution >= 4 is 22.8 Å². The Balaban J connectivity index is 1.37. The molecule has 28 heavy (non-hydrogen) atoms. The van der Waals surface area contributed by atoms with Crippen LogP contribution in [-0.2, 0) is 11.3 Å². The zero-order valence-corrected chi connectivity index (χ0v) is 14.6. The Morgan fingerprint density at radius 3 is 2.79 bits per heavy atom. The quantitative estimate of drug-likeness (QED) is 0.473. The van der Waals surface area contributed by atoms with Crippen molar-refractivity contribution in [3.05, 3.63) is 47.5 Å². The van der Waals surface area contributed by atoms with E-state index in [1.807, 2.05) is 0 Å². The molecule has 2 amide bonds. The van der Waals surface area contributed by atoms with Crippen LogP contribution in [0.3, 0.4) is 0 Å². The molecule has 1 aliphatic heterocycles. The summed E-state index contributed by atoms with van der Waals surface area (Å²) in [5.74, 6) is 0.264. The first kappa shape index (κ1) is 17.7. The maximum Gasteiger partial charge on any atom is 0.252 e. The number of ether oxygens (including phenoxy) is 2. The molecule has 0 unspecified atom stereocenters. The number of fused-ring (bicyclic) bond motifs is 2. The summed E-state index contributed by atoms with van der Waals surface area (Å²) in [6, 6.07) is 8.99. The van der Waals surface area contributed by atoms with Crippen molar-refractivity contribution < 1.29 is 24.2 Å². The Bertz CT molecular complexity index is 1030. The number of rotatable bonds is 6. The molecule has 1 aliphatic rings. The van der Waals surface area contributed by atoms with Gasteiger partial charge in [-0.3, -0.25) is 9.59 Å². The van der Waals surface area contributed by atoms with Crippen LogP contribution in [0.5, 0.6) is 11.5 Å². The summed E-state index contributed by atoms with van der Waals surface area (Å²) in [6.07, 6.45) is 0. The van der Waals surface area contributed by atoms with Crippen molar-refractivity contribution in [1.82, 2.24) is 26.0 Å². The minimum atomic E-state index is -1.09. The summed E-state index contributed by atoms with van der Waals surface area (Å²) in [4.78, 5) is 24.7. The summed E-state index contributed by atoms with van der Waals surface area (Å²) < 4.78 is 10.5. The Kier molecular flexibility index (Phi) is 4.77. The average molecular weight is 383 g/mol. The molecule has 3 aromatic rings. The number of nitrogens with one attached hydrogen (secondary N) is 3. The molecule has 0 saturated heterocycles. The molecule has 4 rings (SSSR count). The number of benzene rings is 2. The van der Waals surface area contributed by atoms with Crippen LogP contribution >= 0.6 is 0 Å². The standard InChI is InChI=1S/C18H17N5O5/c24-8-14(20-17(25)11-2-3-12-13(6-11)22-23-21-12)18(26)19-7-10-1-4-15-16(5-10)28-9-27-15/h1-6,14,24H,7-9H2,(H,19,26)(H,20,25)(H,21,22,23)/t14-/m0/s1. The topological polar surface area (TPSA) is 138 Å². The molecule has 1 aromatic heterocycles. The van der Waals surface area contributed by atoms with Gasteiger partial charge >= 0.3 is 0 Å². The van der Waals surface area contributed by atoms with Gasteiger partial charge in [-0.05, 0) is 35.9 Å². The second kappa shape index (κ2) is 7.53. The number of hydrogen-bond acceptors (Lipinski definition) is 7. The van der Waals surface area contributed by atoms with E-state index < -0.39 is 24.5 Å². The van der Waals surface area contributed by atoms with Gasteiger partial charge in [-0.2, -0.15) is 15.4 Å². The summed E-state index contributed by atoms with van der Waals surface area (Å²) in [7, 11) is 0. The highest BCUT2D eigenvalue weighted by atomic mass is 16.7. The number of H-pyrrole nitrogens is 1. The highest BCUT2D eigenvalue weighted by Crippen LogP contribution is 2.32. The molecule has 0 fully saturated rings. The summed E-state index contributed by atoms with van der Waals surface area (Å²) in [5.41, 5.74) is 2.26. The van der Waals surface area contributed by atoms with Gasteiger partial charge in [0.05, 0.1) is 6.61 Å². The third kappa shape index (κ3) is 3.58. The predicted molar refractivity (Wildman–Crippen MR) is 96.6 cm³/mol. The fourth-order valence-corrected chi connectivity index (χ4v) is 2.78. The fourth-order valence-electron chi connectivity index (χ4n) is 2.78. The summed E-state index contributed by atoms with van der Waals surface area (Å²) in [5, 5.41) is 25.0. The van der Waals surface area contributed by atoms with E-state index in [0.717, 1.165) is 5.56 Å². The SMILES string of the molecule is O=C(N[C@@H](CO)C(=O)NCc1ccc2c(c1)OCO2)c1ccc2n[nH]nc2c1. The first-order chi connectivity index (χ1) is 13.6. The van der Waals surface area contributed by atoms with Gasteiger partial charge in [-0.15, -0.1) is 0 Å². The molecule has 1 atom stereocenters. The molecule has 2 aromatic carbocycles. The van der Waals surface area contributed by atoms with E-state index in [4.69, 9.17) is 9.47 Å². The highest BCUT2D eigenvalue weighted by molar-refractivity contribution is 5.99. The Morgan fingerprint density at radius 1 is 1.11 bits per heavy atom. The van der Waals surface area contributed by atoms with Crippen LogP contribution in [0.25, 0.3) is 11.0 Å². The van der Waals surface area contributed by atoms with E-state index in [1.54, 1.807) is 36.4 Å². The second-order valence-electron chi connectivity index (χ2n) is 6.14. The van der Waals surface area contributed by atoms with Crippen molar-refractivity contribution in [2.24, 2.45) is 0 Å². The second-order valence-corrected chi connectivity index (χ2v) is 6.14. The highest BCUT2D eigenvalue weighted by Gasteiger charge is 2.21. The van der Waals surface area contributed by atoms with Gasteiger partial charge in [-0.25, -0.2) is 0 Å². The van der Waals surface area contributed by atoms with Crippen LogP contribution in [0.4, 0.5) is 0 Å². The average Bonchev–Trinajstić information content (AvgIpc) is 3.37. The molecule has 10 heteroatoms. The third-order valence-corrected chi connectivity index (χ3v) is 4.29. The zero-order valence-electron chi connectivity index (χ0n) is 14.6. The number of aliphatic hydroxyl groups is 1. The van der Waals surface area contributed by atoms with Crippen molar-refractivity contribution in [3.8, 4) is 11.5 Å². The van der Waals surface area contributed by atoms with Gasteiger partial charge in [-0.1, -0.05) is 6.07 Å². The van der Waals surface area contributed by atoms with Crippen molar-refractivity contribution in [1.29, 1.82) is 0 Å². The maximum atomic E-state index is 12.4. The Labute approximate surface area is 158 Å². The van der Waals surface area contributed by atoms with Gasteiger partial charge < -0.3 is 25.2 Å². The Hall–Kier alpha value is -3.66. The van der Waals surface area contributed by atoms with Crippen LogP contribution in [0.15, 0.2) is 36.4 Å². The van der Waals surface area contributed by atoms with Crippen LogP contribution in [0.2, 0.25) is 0 Å². The molecule has 0 radical (unpaired) electrons. The largest absolute Gasteiger partial charge is 0.454 e. The van der Waals surface area contributed by atoms with Crippen LogP contribution in [0, 0.1) is 0 Å². The fraction of sp³-hybridized carbons (Fsp3) is 0.222. The molecule has 0 bridgehead atoms. The van der Waals surface area contributed by atoms with E-state index in [1.165, 1.54) is 0 Å². The number of carbonyl (C=O) groups excluding carboxylic acids is 2. The molecular weight excluding hydrogens is 366 g/mol. The lowest BCUT2D eigenvalue weighted by atomic mass is 10.1. The monoisotopic (exact) mass is 383 g/mol. The van der Waals surface area contributed by atoms with Gasteiger partial charge in [0.2, 0.25) is 12.7 Å². The first-order valence-electron chi connectivity index (χ1n) is 8.52.